The fourth-order valence-corrected chi connectivity index (χ4v) is 4.54. The van der Waals surface area contributed by atoms with E-state index in [4.69, 9.17) is 16.3 Å². The second-order valence-corrected chi connectivity index (χ2v) is 8.98. The first kappa shape index (κ1) is 24.5. The van der Waals surface area contributed by atoms with Crippen LogP contribution >= 0.6 is 11.6 Å². The van der Waals surface area contributed by atoms with Crippen molar-refractivity contribution in [2.75, 3.05) is 19.0 Å². The monoisotopic (exact) mass is 492 g/mol. The first-order valence-electron chi connectivity index (χ1n) is 11.6. The van der Waals surface area contributed by atoms with E-state index in [-0.39, 0.29) is 11.8 Å². The number of methoxy groups -OCH3 is 1. The van der Waals surface area contributed by atoms with Crippen LogP contribution in [0, 0.1) is 13.8 Å². The molecule has 2 aromatic carbocycles. The number of aryl methyl sites for hydroxylation is 1. The Balaban J connectivity index is 1.44. The molecule has 1 aliphatic heterocycles. The molecule has 1 N–H and O–H groups in total. The number of anilines is 1. The van der Waals surface area contributed by atoms with Gasteiger partial charge < -0.3 is 15.0 Å². The predicted molar refractivity (Wildman–Crippen MR) is 138 cm³/mol. The number of halogens is 1. The number of nitrogens with zero attached hydrogens (tertiary/aromatic N) is 3. The molecule has 35 heavy (non-hydrogen) atoms. The molecule has 0 aliphatic carbocycles. The summed E-state index contributed by atoms with van der Waals surface area (Å²) in [5.41, 5.74) is 4.32. The summed E-state index contributed by atoms with van der Waals surface area (Å²) in [6.45, 7) is 4.99. The fraction of sp³-hybridized carbons (Fsp3) is 0.296. The number of nitrogens with one attached hydrogen (secondary N) is 1. The lowest BCUT2D eigenvalue weighted by molar-refractivity contribution is -0.132. The third-order valence-corrected chi connectivity index (χ3v) is 6.67. The normalized spacial score (nSPS) is 15.5. The smallest absolute Gasteiger partial charge is 0.247 e. The van der Waals surface area contributed by atoms with Crippen molar-refractivity contribution >= 4 is 35.2 Å². The zero-order valence-corrected chi connectivity index (χ0v) is 20.9. The molecule has 1 fully saturated rings. The van der Waals surface area contributed by atoms with Gasteiger partial charge in [0.15, 0.2) is 0 Å². The van der Waals surface area contributed by atoms with E-state index in [1.807, 2.05) is 42.8 Å². The Morgan fingerprint density at radius 2 is 1.91 bits per heavy atom. The largest absolute Gasteiger partial charge is 0.497 e. The molecule has 0 radical (unpaired) electrons. The number of ether oxygens (including phenoxy) is 1. The van der Waals surface area contributed by atoms with Crippen molar-refractivity contribution in [3.63, 3.8) is 0 Å². The summed E-state index contributed by atoms with van der Waals surface area (Å²) < 4.78 is 7.04. The van der Waals surface area contributed by atoms with Crippen LogP contribution in [0.2, 0.25) is 5.02 Å². The number of likely N-dealkylation sites (tertiary alicyclic amines) is 1. The second-order valence-electron chi connectivity index (χ2n) is 8.57. The molecular formula is C27H29ClN4O3. The number of aromatic nitrogens is 2. The van der Waals surface area contributed by atoms with E-state index >= 15 is 0 Å². The van der Waals surface area contributed by atoms with Gasteiger partial charge in [0.2, 0.25) is 11.8 Å². The zero-order chi connectivity index (χ0) is 24.9. The quantitative estimate of drug-likeness (QED) is 0.478. The Labute approximate surface area is 210 Å². The number of carbonyl (C=O) groups excluding carboxylic acids is 2. The van der Waals surface area contributed by atoms with E-state index in [1.54, 1.807) is 42.4 Å². The van der Waals surface area contributed by atoms with Gasteiger partial charge in [-0.1, -0.05) is 29.8 Å². The molecule has 1 saturated heterocycles. The van der Waals surface area contributed by atoms with Gasteiger partial charge in [0.05, 0.1) is 19.3 Å². The summed E-state index contributed by atoms with van der Waals surface area (Å²) in [6, 6.07) is 14.3. The van der Waals surface area contributed by atoms with Crippen LogP contribution in [0.3, 0.4) is 0 Å². The van der Waals surface area contributed by atoms with E-state index in [0.717, 1.165) is 28.9 Å². The topological polar surface area (TPSA) is 76.5 Å². The van der Waals surface area contributed by atoms with Crippen molar-refractivity contribution in [2.24, 2.45) is 0 Å². The van der Waals surface area contributed by atoms with Gasteiger partial charge in [0, 0.05) is 34.6 Å². The highest BCUT2D eigenvalue weighted by molar-refractivity contribution is 6.31. The van der Waals surface area contributed by atoms with Crippen LogP contribution in [0.25, 0.3) is 6.08 Å². The molecule has 0 bridgehead atoms. The summed E-state index contributed by atoms with van der Waals surface area (Å²) in [4.78, 5) is 27.6. The Bertz CT molecular complexity index is 1250. The minimum Gasteiger partial charge on any atom is -0.497 e. The van der Waals surface area contributed by atoms with Crippen LogP contribution < -0.4 is 10.1 Å². The Morgan fingerprint density at radius 1 is 1.17 bits per heavy atom. The van der Waals surface area contributed by atoms with Gasteiger partial charge in [-0.15, -0.1) is 0 Å². The van der Waals surface area contributed by atoms with Gasteiger partial charge in [-0.25, -0.2) is 0 Å². The van der Waals surface area contributed by atoms with Gasteiger partial charge in [-0.05, 0) is 68.7 Å². The fourth-order valence-electron chi connectivity index (χ4n) is 4.35. The molecule has 8 heteroatoms. The molecule has 3 aromatic rings. The first-order valence-corrected chi connectivity index (χ1v) is 12.0. The highest BCUT2D eigenvalue weighted by Gasteiger charge is 2.33. The zero-order valence-electron chi connectivity index (χ0n) is 20.1. The maximum atomic E-state index is 13.0. The van der Waals surface area contributed by atoms with Crippen molar-refractivity contribution in [1.29, 1.82) is 0 Å². The molecule has 1 atom stereocenters. The highest BCUT2D eigenvalue weighted by Crippen LogP contribution is 2.23. The first-order chi connectivity index (χ1) is 16.9. The van der Waals surface area contributed by atoms with Crippen molar-refractivity contribution < 1.29 is 14.3 Å². The SMILES string of the molecule is COc1ccc(NC(=O)C2CCCN2C(=O)C=Cc2c(C)nn(Cc3ccccc3Cl)c2C)cc1. The molecule has 0 saturated carbocycles. The maximum absolute atomic E-state index is 13.0. The van der Waals surface area contributed by atoms with E-state index in [9.17, 15) is 9.59 Å². The van der Waals surface area contributed by atoms with E-state index in [1.165, 1.54) is 6.08 Å². The van der Waals surface area contributed by atoms with E-state index in [2.05, 4.69) is 10.4 Å². The lowest BCUT2D eigenvalue weighted by atomic mass is 10.1. The number of rotatable bonds is 7. The van der Waals surface area contributed by atoms with Crippen molar-refractivity contribution in [1.82, 2.24) is 14.7 Å². The van der Waals surface area contributed by atoms with Crippen LogP contribution in [0.1, 0.15) is 35.4 Å². The summed E-state index contributed by atoms with van der Waals surface area (Å²) in [7, 11) is 1.59. The van der Waals surface area contributed by atoms with Crippen molar-refractivity contribution in [2.45, 2.75) is 39.3 Å². The molecule has 2 amide bonds. The van der Waals surface area contributed by atoms with Gasteiger partial charge in [-0.2, -0.15) is 5.10 Å². The van der Waals surface area contributed by atoms with Gasteiger partial charge in [0.25, 0.3) is 0 Å². The average molecular weight is 493 g/mol. The summed E-state index contributed by atoms with van der Waals surface area (Å²) in [6.07, 6.45) is 4.75. The van der Waals surface area contributed by atoms with Crippen LogP contribution in [0.4, 0.5) is 5.69 Å². The molecule has 7 nitrogen and oxygen atoms in total. The van der Waals surface area contributed by atoms with Crippen LogP contribution in [-0.2, 0) is 16.1 Å². The number of carbonyl (C=O) groups is 2. The summed E-state index contributed by atoms with van der Waals surface area (Å²) in [5.74, 6) is 0.343. The molecule has 1 aromatic heterocycles. The molecule has 1 aliphatic rings. The summed E-state index contributed by atoms with van der Waals surface area (Å²) >= 11 is 6.31. The number of benzene rings is 2. The molecule has 4 rings (SSSR count). The third kappa shape index (κ3) is 5.57. The standard InChI is InChI=1S/C27H29ClN4O3/c1-18-23(19(2)32(30-18)17-20-7-4-5-8-24(20)28)14-15-26(33)31-16-6-9-25(31)27(34)29-21-10-12-22(35-3)13-11-21/h4-5,7-8,10-15,25H,6,9,16-17H2,1-3H3,(H,29,34). The van der Waals surface area contributed by atoms with Gasteiger partial charge >= 0.3 is 0 Å². The average Bonchev–Trinajstić information content (AvgIpc) is 3.45. The third-order valence-electron chi connectivity index (χ3n) is 6.30. The van der Waals surface area contributed by atoms with E-state index < -0.39 is 6.04 Å². The second kappa shape index (κ2) is 10.8. The lowest BCUT2D eigenvalue weighted by Crippen LogP contribution is -2.42. The molecule has 0 spiro atoms. The Kier molecular flexibility index (Phi) is 7.56. The Morgan fingerprint density at radius 3 is 2.63 bits per heavy atom. The van der Waals surface area contributed by atoms with Crippen molar-refractivity contribution in [3.8, 4) is 5.75 Å². The molecule has 182 valence electrons. The highest BCUT2D eigenvalue weighted by atomic mass is 35.5. The van der Waals surface area contributed by atoms with Crippen molar-refractivity contribution in [3.05, 3.63) is 82.1 Å². The molecule has 1 unspecified atom stereocenters. The van der Waals surface area contributed by atoms with Crippen LogP contribution in [0.15, 0.2) is 54.6 Å². The van der Waals surface area contributed by atoms with Gasteiger partial charge in [-0.3, -0.25) is 14.3 Å². The minimum absolute atomic E-state index is 0.185. The van der Waals surface area contributed by atoms with Crippen LogP contribution in [-0.4, -0.2) is 46.2 Å². The van der Waals surface area contributed by atoms with E-state index in [0.29, 0.717) is 36.0 Å². The molecular weight excluding hydrogens is 464 g/mol. The number of hydrogen-bond donors (Lipinski definition) is 1. The predicted octanol–water partition coefficient (Wildman–Crippen LogP) is 4.85. The minimum atomic E-state index is -0.501. The number of amides is 2. The maximum Gasteiger partial charge on any atom is 0.247 e. The Hall–Kier alpha value is -3.58. The number of hydrogen-bond acceptors (Lipinski definition) is 4. The lowest BCUT2D eigenvalue weighted by Gasteiger charge is -2.22. The van der Waals surface area contributed by atoms with Crippen LogP contribution in [0.5, 0.6) is 5.75 Å². The summed E-state index contributed by atoms with van der Waals surface area (Å²) in [5, 5.41) is 8.23. The molecule has 2 heterocycles. The van der Waals surface area contributed by atoms with Gasteiger partial charge in [0.1, 0.15) is 11.8 Å².